The Balaban J connectivity index is 2.15. The Kier molecular flexibility index (Phi) is 4.55. The van der Waals surface area contributed by atoms with Crippen molar-refractivity contribution in [2.45, 2.75) is 46.7 Å². The molecule has 2 rings (SSSR count). The predicted molar refractivity (Wildman–Crippen MR) is 81.4 cm³/mol. The average Bonchev–Trinajstić information content (AvgIpc) is 2.75. The predicted octanol–water partition coefficient (Wildman–Crippen LogP) is 2.79. The summed E-state index contributed by atoms with van der Waals surface area (Å²) in [6.07, 6.45) is 2.34. The lowest BCUT2D eigenvalue weighted by molar-refractivity contribution is 0.459. The fourth-order valence-corrected chi connectivity index (χ4v) is 2.49. The van der Waals surface area contributed by atoms with E-state index in [2.05, 4.69) is 56.0 Å². The lowest BCUT2D eigenvalue weighted by Crippen LogP contribution is -2.19. The molecule has 4 nitrogen and oxygen atoms in total. The van der Waals surface area contributed by atoms with Gasteiger partial charge in [0.2, 0.25) is 0 Å². The molecule has 0 saturated carbocycles. The maximum atomic E-state index is 6.36. The molecule has 2 aromatic rings. The van der Waals surface area contributed by atoms with Gasteiger partial charge >= 0.3 is 0 Å². The number of benzene rings is 1. The van der Waals surface area contributed by atoms with Crippen LogP contribution < -0.4 is 5.73 Å². The zero-order valence-electron chi connectivity index (χ0n) is 12.8. The van der Waals surface area contributed by atoms with Crippen molar-refractivity contribution in [1.29, 1.82) is 0 Å². The maximum absolute atomic E-state index is 6.36. The van der Waals surface area contributed by atoms with Crippen LogP contribution in [0.5, 0.6) is 0 Å². The second-order valence-electron chi connectivity index (χ2n) is 5.92. The summed E-state index contributed by atoms with van der Waals surface area (Å²) in [7, 11) is 0. The highest BCUT2D eigenvalue weighted by Crippen LogP contribution is 2.20. The largest absolute Gasteiger partial charge is 0.324 e. The standard InChI is InChI=1S/C16H24N4/c1-11(2)9-20-16(18-10-19-20)8-15(17)14-6-5-12(3)7-13(14)4/h5-7,10-11,15H,8-9,17H2,1-4H3. The number of nitrogens with two attached hydrogens (primary N) is 1. The zero-order valence-corrected chi connectivity index (χ0v) is 12.8. The Morgan fingerprint density at radius 1 is 1.25 bits per heavy atom. The van der Waals surface area contributed by atoms with Gasteiger partial charge in [0.15, 0.2) is 0 Å². The Morgan fingerprint density at radius 2 is 2.00 bits per heavy atom. The molecule has 0 spiro atoms. The normalized spacial score (nSPS) is 12.9. The minimum absolute atomic E-state index is 0.0364. The molecule has 0 aliphatic rings. The summed E-state index contributed by atoms with van der Waals surface area (Å²) in [6.45, 7) is 9.45. The van der Waals surface area contributed by atoms with E-state index in [0.717, 1.165) is 18.8 Å². The maximum Gasteiger partial charge on any atom is 0.138 e. The monoisotopic (exact) mass is 272 g/mol. The van der Waals surface area contributed by atoms with E-state index < -0.39 is 0 Å². The van der Waals surface area contributed by atoms with Crippen LogP contribution in [-0.2, 0) is 13.0 Å². The van der Waals surface area contributed by atoms with Crippen LogP contribution in [0.3, 0.4) is 0 Å². The summed E-state index contributed by atoms with van der Waals surface area (Å²) >= 11 is 0. The van der Waals surface area contributed by atoms with Crippen LogP contribution in [0, 0.1) is 19.8 Å². The smallest absolute Gasteiger partial charge is 0.138 e. The molecule has 1 aromatic heterocycles. The molecule has 4 heteroatoms. The second-order valence-corrected chi connectivity index (χ2v) is 5.92. The Hall–Kier alpha value is -1.68. The van der Waals surface area contributed by atoms with Crippen molar-refractivity contribution in [3.05, 3.63) is 47.0 Å². The third kappa shape index (κ3) is 3.45. The van der Waals surface area contributed by atoms with Gasteiger partial charge < -0.3 is 5.73 Å². The van der Waals surface area contributed by atoms with Crippen molar-refractivity contribution in [3.63, 3.8) is 0 Å². The van der Waals surface area contributed by atoms with Crippen LogP contribution in [0.1, 0.15) is 42.4 Å². The summed E-state index contributed by atoms with van der Waals surface area (Å²) in [5, 5.41) is 4.29. The van der Waals surface area contributed by atoms with Gasteiger partial charge in [0.25, 0.3) is 0 Å². The quantitative estimate of drug-likeness (QED) is 0.910. The molecule has 108 valence electrons. The molecule has 0 aliphatic heterocycles. The van der Waals surface area contributed by atoms with Crippen LogP contribution in [0.15, 0.2) is 24.5 Å². The van der Waals surface area contributed by atoms with Gasteiger partial charge in [-0.2, -0.15) is 5.10 Å². The third-order valence-electron chi connectivity index (χ3n) is 3.46. The molecule has 0 fully saturated rings. The van der Waals surface area contributed by atoms with Crippen LogP contribution in [0.2, 0.25) is 0 Å². The molecule has 20 heavy (non-hydrogen) atoms. The first-order valence-electron chi connectivity index (χ1n) is 7.16. The summed E-state index contributed by atoms with van der Waals surface area (Å²) in [6, 6.07) is 6.37. The van der Waals surface area contributed by atoms with Gasteiger partial charge in [-0.1, -0.05) is 37.6 Å². The molecular formula is C16H24N4. The van der Waals surface area contributed by atoms with Crippen LogP contribution in [0.4, 0.5) is 0 Å². The highest BCUT2D eigenvalue weighted by atomic mass is 15.3. The molecule has 1 atom stereocenters. The number of aryl methyl sites for hydroxylation is 2. The summed E-state index contributed by atoms with van der Waals surface area (Å²) in [4.78, 5) is 4.35. The molecule has 0 bridgehead atoms. The van der Waals surface area contributed by atoms with E-state index in [1.807, 2.05) is 4.68 Å². The first kappa shape index (κ1) is 14.7. The first-order chi connectivity index (χ1) is 9.47. The fraction of sp³-hybridized carbons (Fsp3) is 0.500. The minimum Gasteiger partial charge on any atom is -0.324 e. The number of hydrogen-bond donors (Lipinski definition) is 1. The number of hydrogen-bond acceptors (Lipinski definition) is 3. The number of aromatic nitrogens is 3. The van der Waals surface area contributed by atoms with Crippen molar-refractivity contribution in [1.82, 2.24) is 14.8 Å². The van der Waals surface area contributed by atoms with Gasteiger partial charge in [0.05, 0.1) is 0 Å². The van der Waals surface area contributed by atoms with Gasteiger partial charge in [0, 0.05) is 19.0 Å². The van der Waals surface area contributed by atoms with E-state index in [-0.39, 0.29) is 6.04 Å². The molecule has 0 amide bonds. The van der Waals surface area contributed by atoms with Crippen molar-refractivity contribution < 1.29 is 0 Å². The average molecular weight is 272 g/mol. The van der Waals surface area contributed by atoms with Crippen molar-refractivity contribution in [3.8, 4) is 0 Å². The van der Waals surface area contributed by atoms with Crippen molar-refractivity contribution in [2.75, 3.05) is 0 Å². The lowest BCUT2D eigenvalue weighted by atomic mass is 9.97. The molecule has 1 aromatic carbocycles. The SMILES string of the molecule is Cc1ccc(C(N)Cc2ncnn2CC(C)C)c(C)c1. The highest BCUT2D eigenvalue weighted by Gasteiger charge is 2.14. The number of rotatable bonds is 5. The lowest BCUT2D eigenvalue weighted by Gasteiger charge is -2.16. The molecule has 1 unspecified atom stereocenters. The molecule has 0 aliphatic carbocycles. The van der Waals surface area contributed by atoms with E-state index in [1.165, 1.54) is 16.7 Å². The summed E-state index contributed by atoms with van der Waals surface area (Å²) < 4.78 is 1.97. The molecule has 0 radical (unpaired) electrons. The van der Waals surface area contributed by atoms with Crippen LogP contribution >= 0.6 is 0 Å². The molecule has 0 saturated heterocycles. The minimum atomic E-state index is -0.0364. The van der Waals surface area contributed by atoms with E-state index >= 15 is 0 Å². The topological polar surface area (TPSA) is 56.7 Å². The molecular weight excluding hydrogens is 248 g/mol. The first-order valence-corrected chi connectivity index (χ1v) is 7.16. The van der Waals surface area contributed by atoms with Gasteiger partial charge in [-0.25, -0.2) is 9.67 Å². The Labute approximate surface area is 121 Å². The van der Waals surface area contributed by atoms with E-state index in [0.29, 0.717) is 5.92 Å². The van der Waals surface area contributed by atoms with E-state index in [1.54, 1.807) is 6.33 Å². The van der Waals surface area contributed by atoms with Gasteiger partial charge in [-0.15, -0.1) is 0 Å². The zero-order chi connectivity index (χ0) is 14.7. The Bertz CT molecular complexity index is 572. The summed E-state index contributed by atoms with van der Waals surface area (Å²) in [5.74, 6) is 1.51. The Morgan fingerprint density at radius 3 is 2.65 bits per heavy atom. The van der Waals surface area contributed by atoms with Crippen molar-refractivity contribution in [2.24, 2.45) is 11.7 Å². The fourth-order valence-electron chi connectivity index (χ4n) is 2.49. The van der Waals surface area contributed by atoms with E-state index in [9.17, 15) is 0 Å². The molecule has 1 heterocycles. The third-order valence-corrected chi connectivity index (χ3v) is 3.46. The highest BCUT2D eigenvalue weighted by molar-refractivity contribution is 5.33. The van der Waals surface area contributed by atoms with E-state index in [4.69, 9.17) is 5.73 Å². The number of nitrogens with zero attached hydrogens (tertiary/aromatic N) is 3. The van der Waals surface area contributed by atoms with Gasteiger partial charge in [-0.05, 0) is 30.9 Å². The van der Waals surface area contributed by atoms with Crippen molar-refractivity contribution >= 4 is 0 Å². The summed E-state index contributed by atoms with van der Waals surface area (Å²) in [5.41, 5.74) is 10.1. The second kappa shape index (κ2) is 6.18. The van der Waals surface area contributed by atoms with Crippen LogP contribution in [0.25, 0.3) is 0 Å². The molecule has 2 N–H and O–H groups in total. The van der Waals surface area contributed by atoms with Gasteiger partial charge in [0.1, 0.15) is 12.2 Å². The van der Waals surface area contributed by atoms with Crippen LogP contribution in [-0.4, -0.2) is 14.8 Å². The van der Waals surface area contributed by atoms with Gasteiger partial charge in [-0.3, -0.25) is 0 Å².